The van der Waals surface area contributed by atoms with Crippen LogP contribution in [0.2, 0.25) is 0 Å². The van der Waals surface area contributed by atoms with E-state index in [4.69, 9.17) is 4.74 Å². The maximum Gasteiger partial charge on any atom is 0.269 e. The number of aryl methyl sites for hydroxylation is 1. The van der Waals surface area contributed by atoms with Gasteiger partial charge in [-0.25, -0.2) is 0 Å². The third-order valence-corrected chi connectivity index (χ3v) is 3.28. The Morgan fingerprint density at radius 2 is 2.05 bits per heavy atom. The van der Waals surface area contributed by atoms with Crippen molar-refractivity contribution in [1.29, 1.82) is 0 Å². The van der Waals surface area contributed by atoms with Crippen molar-refractivity contribution >= 4 is 5.69 Å². The zero-order valence-corrected chi connectivity index (χ0v) is 10.7. The number of nitrogens with zero attached hydrogens (tertiary/aromatic N) is 2. The van der Waals surface area contributed by atoms with Crippen molar-refractivity contribution in [3.8, 4) is 5.75 Å². The topological polar surface area (TPSA) is 78.7 Å². The van der Waals surface area contributed by atoms with Crippen molar-refractivity contribution in [3.05, 3.63) is 33.9 Å². The summed E-state index contributed by atoms with van der Waals surface area (Å²) in [6.45, 7) is 4.23. The highest BCUT2D eigenvalue weighted by Gasteiger charge is 2.10. The Morgan fingerprint density at radius 3 is 2.74 bits per heavy atom. The molecule has 0 spiro atoms. The first-order valence-corrected chi connectivity index (χ1v) is 6.41. The first kappa shape index (κ1) is 13.8. The van der Waals surface area contributed by atoms with E-state index in [1.54, 1.807) is 0 Å². The van der Waals surface area contributed by atoms with Crippen LogP contribution in [0.15, 0.2) is 18.2 Å². The number of nitro benzene ring substituents is 1. The third kappa shape index (κ3) is 3.90. The van der Waals surface area contributed by atoms with Gasteiger partial charge in [0.05, 0.1) is 18.1 Å². The Balaban J connectivity index is 1.87. The predicted molar refractivity (Wildman–Crippen MR) is 68.1 cm³/mol. The Kier molecular flexibility index (Phi) is 4.70. The van der Waals surface area contributed by atoms with Crippen molar-refractivity contribution < 1.29 is 14.8 Å². The average Bonchev–Trinajstić information content (AvgIpc) is 2.42. The first-order chi connectivity index (χ1) is 9.16. The van der Waals surface area contributed by atoms with Crippen LogP contribution in [0, 0.1) is 10.1 Å². The lowest BCUT2D eigenvalue weighted by Crippen LogP contribution is -2.36. The molecule has 1 aromatic carbocycles. The van der Waals surface area contributed by atoms with Crippen LogP contribution in [0.25, 0.3) is 0 Å². The van der Waals surface area contributed by atoms with Crippen LogP contribution in [-0.2, 0) is 11.2 Å². The Morgan fingerprint density at radius 1 is 1.32 bits per heavy atom. The lowest BCUT2D eigenvalue weighted by atomic mass is 10.1. The molecule has 0 radical (unpaired) electrons. The third-order valence-electron chi connectivity index (χ3n) is 3.28. The SMILES string of the molecule is O=[N+]([O-])c1ccc([O-])c(CCCN2CCOCC2)c1. The molecule has 1 aliphatic heterocycles. The van der Waals surface area contributed by atoms with Crippen LogP contribution < -0.4 is 5.11 Å². The molecule has 0 saturated carbocycles. The van der Waals surface area contributed by atoms with E-state index in [0.717, 1.165) is 39.3 Å². The Bertz CT molecular complexity index is 444. The fourth-order valence-corrected chi connectivity index (χ4v) is 2.19. The molecule has 0 amide bonds. The number of ether oxygens (including phenoxy) is 1. The van der Waals surface area contributed by atoms with Gasteiger partial charge in [0.15, 0.2) is 0 Å². The molecule has 1 aromatic rings. The van der Waals surface area contributed by atoms with Gasteiger partial charge in [-0.3, -0.25) is 15.0 Å². The number of hydrogen-bond donors (Lipinski definition) is 0. The standard InChI is InChI=1S/C13H18N2O4/c16-13-4-3-12(15(17)18)10-11(13)2-1-5-14-6-8-19-9-7-14/h3-4,10,16H,1-2,5-9H2/p-1. The van der Waals surface area contributed by atoms with Crippen LogP contribution in [0.5, 0.6) is 5.75 Å². The summed E-state index contributed by atoms with van der Waals surface area (Å²) in [5.74, 6) is -0.118. The highest BCUT2D eigenvalue weighted by molar-refractivity contribution is 5.42. The minimum atomic E-state index is -0.467. The maximum atomic E-state index is 11.6. The highest BCUT2D eigenvalue weighted by atomic mass is 16.6. The molecule has 2 rings (SSSR count). The number of benzene rings is 1. The minimum absolute atomic E-state index is 0.0130. The van der Waals surface area contributed by atoms with Crippen LogP contribution >= 0.6 is 0 Å². The first-order valence-electron chi connectivity index (χ1n) is 6.41. The summed E-state index contributed by atoms with van der Waals surface area (Å²) in [6.07, 6.45) is 1.41. The van der Waals surface area contributed by atoms with E-state index in [1.165, 1.54) is 18.2 Å². The van der Waals surface area contributed by atoms with Crippen molar-refractivity contribution in [2.24, 2.45) is 0 Å². The molecule has 1 heterocycles. The van der Waals surface area contributed by atoms with E-state index in [1.807, 2.05) is 0 Å². The minimum Gasteiger partial charge on any atom is -0.872 e. The highest BCUT2D eigenvalue weighted by Crippen LogP contribution is 2.22. The second-order valence-corrected chi connectivity index (χ2v) is 4.61. The number of rotatable bonds is 5. The van der Waals surface area contributed by atoms with Crippen molar-refractivity contribution in [1.82, 2.24) is 4.90 Å². The molecule has 0 N–H and O–H groups in total. The van der Waals surface area contributed by atoms with E-state index in [2.05, 4.69) is 4.90 Å². The Labute approximate surface area is 111 Å². The summed E-state index contributed by atoms with van der Waals surface area (Å²) in [7, 11) is 0. The van der Waals surface area contributed by atoms with Gasteiger partial charge in [-0.2, -0.15) is 0 Å². The van der Waals surface area contributed by atoms with Crippen molar-refractivity contribution in [2.75, 3.05) is 32.8 Å². The molecule has 1 aliphatic rings. The van der Waals surface area contributed by atoms with Gasteiger partial charge in [0, 0.05) is 25.2 Å². The molecule has 0 unspecified atom stereocenters. The molecular formula is C13H17N2O4-. The van der Waals surface area contributed by atoms with Crippen LogP contribution in [0.3, 0.4) is 0 Å². The molecule has 6 nitrogen and oxygen atoms in total. The van der Waals surface area contributed by atoms with Gasteiger partial charge in [0.1, 0.15) is 0 Å². The lowest BCUT2D eigenvalue weighted by molar-refractivity contribution is -0.385. The summed E-state index contributed by atoms with van der Waals surface area (Å²) in [6, 6.07) is 3.93. The quantitative estimate of drug-likeness (QED) is 0.584. The number of nitro groups is 1. The number of non-ortho nitro benzene ring substituents is 1. The van der Waals surface area contributed by atoms with Gasteiger partial charge in [-0.15, -0.1) is 5.75 Å². The summed E-state index contributed by atoms with van der Waals surface area (Å²) < 4.78 is 5.26. The number of hydrogen-bond acceptors (Lipinski definition) is 5. The van der Waals surface area contributed by atoms with E-state index in [9.17, 15) is 15.2 Å². The molecule has 19 heavy (non-hydrogen) atoms. The monoisotopic (exact) mass is 265 g/mol. The van der Waals surface area contributed by atoms with Gasteiger partial charge in [0.2, 0.25) is 0 Å². The normalized spacial score (nSPS) is 16.4. The van der Waals surface area contributed by atoms with Crippen LogP contribution in [0.4, 0.5) is 5.69 Å². The summed E-state index contributed by atoms with van der Waals surface area (Å²) in [5, 5.41) is 22.3. The van der Waals surface area contributed by atoms with Gasteiger partial charge < -0.3 is 9.84 Å². The Hall–Kier alpha value is -1.66. The molecule has 0 aliphatic carbocycles. The van der Waals surface area contributed by atoms with Crippen molar-refractivity contribution in [3.63, 3.8) is 0 Å². The van der Waals surface area contributed by atoms with Gasteiger partial charge in [-0.05, 0) is 24.9 Å². The zero-order valence-electron chi connectivity index (χ0n) is 10.7. The summed E-state index contributed by atoms with van der Waals surface area (Å²) in [4.78, 5) is 12.5. The van der Waals surface area contributed by atoms with Gasteiger partial charge in [-0.1, -0.05) is 6.07 Å². The van der Waals surface area contributed by atoms with E-state index >= 15 is 0 Å². The largest absolute Gasteiger partial charge is 0.872 e. The van der Waals surface area contributed by atoms with E-state index in [-0.39, 0.29) is 11.4 Å². The zero-order chi connectivity index (χ0) is 13.7. The summed E-state index contributed by atoms with van der Waals surface area (Å²) >= 11 is 0. The maximum absolute atomic E-state index is 11.6. The second-order valence-electron chi connectivity index (χ2n) is 4.61. The average molecular weight is 265 g/mol. The lowest BCUT2D eigenvalue weighted by Gasteiger charge is -2.26. The fourth-order valence-electron chi connectivity index (χ4n) is 2.19. The van der Waals surface area contributed by atoms with E-state index in [0.29, 0.717) is 12.0 Å². The molecular weight excluding hydrogens is 248 g/mol. The van der Waals surface area contributed by atoms with Gasteiger partial charge in [0.25, 0.3) is 5.69 Å². The molecule has 1 saturated heterocycles. The molecule has 0 aromatic heterocycles. The van der Waals surface area contributed by atoms with Crippen LogP contribution in [0.1, 0.15) is 12.0 Å². The van der Waals surface area contributed by atoms with Gasteiger partial charge >= 0.3 is 0 Å². The van der Waals surface area contributed by atoms with Crippen LogP contribution in [-0.4, -0.2) is 42.7 Å². The smallest absolute Gasteiger partial charge is 0.269 e. The number of morpholine rings is 1. The second kappa shape index (κ2) is 6.49. The molecule has 1 fully saturated rings. The summed E-state index contributed by atoms with van der Waals surface area (Å²) in [5.41, 5.74) is 0.517. The predicted octanol–water partition coefficient (Wildman–Crippen LogP) is 0.933. The molecule has 0 bridgehead atoms. The fraction of sp³-hybridized carbons (Fsp3) is 0.538. The molecule has 0 atom stereocenters. The molecule has 104 valence electrons. The molecule has 6 heteroatoms. The van der Waals surface area contributed by atoms with Crippen molar-refractivity contribution in [2.45, 2.75) is 12.8 Å². The van der Waals surface area contributed by atoms with E-state index < -0.39 is 4.92 Å².